The Morgan fingerprint density at radius 1 is 1.28 bits per heavy atom. The molecule has 2 rings (SSSR count). The number of hydrogen-bond donors (Lipinski definition) is 1. The molecule has 6 nitrogen and oxygen atoms in total. The number of anilines is 1. The molecule has 0 spiro atoms. The minimum atomic E-state index is -0.403. The van der Waals surface area contributed by atoms with Crippen LogP contribution in [0.2, 0.25) is 0 Å². The van der Waals surface area contributed by atoms with E-state index in [0.29, 0.717) is 35.3 Å². The lowest BCUT2D eigenvalue weighted by atomic mass is 10.1. The van der Waals surface area contributed by atoms with Crippen LogP contribution < -0.4 is 20.8 Å². The van der Waals surface area contributed by atoms with E-state index in [-0.39, 0.29) is 18.0 Å². The Hall–Kier alpha value is -2.76. The van der Waals surface area contributed by atoms with Crippen molar-refractivity contribution in [3.63, 3.8) is 0 Å². The van der Waals surface area contributed by atoms with E-state index in [1.165, 1.54) is 0 Å². The molecule has 25 heavy (non-hydrogen) atoms. The van der Waals surface area contributed by atoms with E-state index in [2.05, 4.69) is 0 Å². The number of nitrogens with two attached hydrogens (primary N) is 1. The molecule has 0 aliphatic rings. The number of aromatic nitrogens is 1. The van der Waals surface area contributed by atoms with Gasteiger partial charge in [0.2, 0.25) is 5.75 Å². The zero-order valence-corrected chi connectivity index (χ0v) is 14.9. The summed E-state index contributed by atoms with van der Waals surface area (Å²) in [4.78, 5) is 23.9. The van der Waals surface area contributed by atoms with Crippen LogP contribution in [0.5, 0.6) is 11.5 Å². The van der Waals surface area contributed by atoms with Gasteiger partial charge in [0.05, 0.1) is 11.3 Å². The maximum absolute atomic E-state index is 12.9. The quantitative estimate of drug-likeness (QED) is 0.449. The number of unbranched alkanes of at least 4 members (excludes halogenated alkanes) is 1. The van der Waals surface area contributed by atoms with Crippen molar-refractivity contribution >= 4 is 23.1 Å². The predicted octanol–water partition coefficient (Wildman–Crippen LogP) is 3.61. The van der Waals surface area contributed by atoms with Gasteiger partial charge in [-0.15, -0.1) is 0 Å². The Labute approximate surface area is 146 Å². The van der Waals surface area contributed by atoms with Gasteiger partial charge in [-0.25, -0.2) is 0 Å². The van der Waals surface area contributed by atoms with Crippen LogP contribution in [0.25, 0.3) is 10.9 Å². The van der Waals surface area contributed by atoms with Gasteiger partial charge in [0.25, 0.3) is 12.0 Å². The molecular formula is C19H24N2O4. The Kier molecular flexibility index (Phi) is 6.22. The fourth-order valence-corrected chi connectivity index (χ4v) is 2.67. The van der Waals surface area contributed by atoms with E-state index in [1.807, 2.05) is 26.8 Å². The molecule has 0 bridgehead atoms. The van der Waals surface area contributed by atoms with Gasteiger partial charge >= 0.3 is 0 Å². The van der Waals surface area contributed by atoms with E-state index >= 15 is 0 Å². The molecule has 1 aromatic carbocycles. The number of ether oxygens (including phenoxy) is 2. The van der Waals surface area contributed by atoms with Crippen molar-refractivity contribution in [1.29, 1.82) is 0 Å². The van der Waals surface area contributed by atoms with Gasteiger partial charge in [0.1, 0.15) is 0 Å². The second-order valence-corrected chi connectivity index (χ2v) is 5.67. The van der Waals surface area contributed by atoms with E-state index in [4.69, 9.17) is 15.2 Å². The molecule has 134 valence electrons. The van der Waals surface area contributed by atoms with E-state index in [0.717, 1.165) is 12.8 Å². The summed E-state index contributed by atoms with van der Waals surface area (Å²) in [6, 6.07) is 5.25. The van der Waals surface area contributed by atoms with Crippen LogP contribution in [-0.2, 0) is 11.3 Å². The molecule has 0 unspecified atom stereocenters. The second-order valence-electron chi connectivity index (χ2n) is 5.67. The van der Waals surface area contributed by atoms with Crippen molar-refractivity contribution in [1.82, 2.24) is 4.57 Å². The Morgan fingerprint density at radius 3 is 2.64 bits per heavy atom. The number of pyridine rings is 1. The standard InChI is InChI=1S/C19H24N2O4/c1-4-7-10-21-16-11-13(20)8-9-15(16)17(25-14(5-2)6-3)18(19(21)23)24-12-22/h5,8-9,11-12H,4,6-7,10,20H2,1-3H3. The third kappa shape index (κ3) is 3.84. The van der Waals surface area contributed by atoms with Crippen LogP contribution in [0.4, 0.5) is 5.69 Å². The fraction of sp³-hybridized carbons (Fsp3) is 0.368. The number of benzene rings is 1. The molecular weight excluding hydrogens is 320 g/mol. The molecule has 0 saturated carbocycles. The van der Waals surface area contributed by atoms with Gasteiger partial charge in [0, 0.05) is 24.0 Å². The summed E-state index contributed by atoms with van der Waals surface area (Å²) < 4.78 is 12.5. The molecule has 1 aromatic heterocycles. The Balaban J connectivity index is 2.82. The topological polar surface area (TPSA) is 83.5 Å². The molecule has 2 aromatic rings. The van der Waals surface area contributed by atoms with Gasteiger partial charge in [-0.1, -0.05) is 20.3 Å². The lowest BCUT2D eigenvalue weighted by molar-refractivity contribution is -0.120. The fourth-order valence-electron chi connectivity index (χ4n) is 2.67. The first-order valence-electron chi connectivity index (χ1n) is 8.46. The molecule has 0 aliphatic heterocycles. The number of rotatable bonds is 8. The molecule has 2 N–H and O–H groups in total. The molecule has 0 aliphatic carbocycles. The minimum absolute atomic E-state index is 0.101. The lowest BCUT2D eigenvalue weighted by Crippen LogP contribution is -2.23. The highest BCUT2D eigenvalue weighted by Crippen LogP contribution is 2.35. The third-order valence-corrected chi connectivity index (χ3v) is 4.01. The van der Waals surface area contributed by atoms with Gasteiger partial charge in [0.15, 0.2) is 5.75 Å². The largest absolute Gasteiger partial charge is 0.457 e. The molecule has 0 amide bonds. The number of allylic oxidation sites excluding steroid dienone is 2. The monoisotopic (exact) mass is 344 g/mol. The smallest absolute Gasteiger partial charge is 0.298 e. The molecule has 0 atom stereocenters. The van der Waals surface area contributed by atoms with Gasteiger partial charge < -0.3 is 19.8 Å². The van der Waals surface area contributed by atoms with E-state index in [1.54, 1.807) is 22.8 Å². The van der Waals surface area contributed by atoms with Crippen LogP contribution in [0.3, 0.4) is 0 Å². The zero-order valence-electron chi connectivity index (χ0n) is 14.9. The summed E-state index contributed by atoms with van der Waals surface area (Å²) in [5.74, 6) is 0.825. The second kappa shape index (κ2) is 8.37. The summed E-state index contributed by atoms with van der Waals surface area (Å²) >= 11 is 0. The van der Waals surface area contributed by atoms with Crippen molar-refractivity contribution in [2.75, 3.05) is 5.73 Å². The summed E-state index contributed by atoms with van der Waals surface area (Å²) in [6.45, 7) is 6.59. The number of hydrogen-bond acceptors (Lipinski definition) is 5. The number of carbonyl (C=O) groups excluding carboxylic acids is 1. The number of aryl methyl sites for hydroxylation is 1. The molecule has 0 saturated heterocycles. The lowest BCUT2D eigenvalue weighted by Gasteiger charge is -2.18. The summed E-state index contributed by atoms with van der Waals surface area (Å²) in [7, 11) is 0. The van der Waals surface area contributed by atoms with Crippen LogP contribution >= 0.6 is 0 Å². The normalized spacial score (nSPS) is 11.6. The summed E-state index contributed by atoms with van der Waals surface area (Å²) in [5, 5.41) is 0.676. The number of nitrogens with zero attached hydrogens (tertiary/aromatic N) is 1. The molecule has 1 heterocycles. The van der Waals surface area contributed by atoms with Gasteiger partial charge in [-0.3, -0.25) is 9.59 Å². The SMILES string of the molecule is CC=C(CC)Oc1c(OC=O)c(=O)n(CCCC)c2cc(N)ccc12. The van der Waals surface area contributed by atoms with Crippen LogP contribution in [0.1, 0.15) is 40.0 Å². The first-order chi connectivity index (χ1) is 12.1. The maximum Gasteiger partial charge on any atom is 0.298 e. The minimum Gasteiger partial charge on any atom is -0.457 e. The maximum atomic E-state index is 12.9. The third-order valence-electron chi connectivity index (χ3n) is 4.01. The van der Waals surface area contributed by atoms with Crippen LogP contribution in [0, 0.1) is 0 Å². The van der Waals surface area contributed by atoms with E-state index in [9.17, 15) is 9.59 Å². The molecule has 6 heteroatoms. The summed E-state index contributed by atoms with van der Waals surface area (Å²) in [5.41, 5.74) is 6.73. The first-order valence-corrected chi connectivity index (χ1v) is 8.46. The Morgan fingerprint density at radius 2 is 2.04 bits per heavy atom. The average molecular weight is 344 g/mol. The van der Waals surface area contributed by atoms with E-state index < -0.39 is 5.56 Å². The molecule has 0 radical (unpaired) electrons. The van der Waals surface area contributed by atoms with Crippen LogP contribution in [0.15, 0.2) is 34.8 Å². The van der Waals surface area contributed by atoms with Gasteiger partial charge in [-0.05, 0) is 37.6 Å². The van der Waals surface area contributed by atoms with Crippen molar-refractivity contribution in [2.45, 2.75) is 46.6 Å². The zero-order chi connectivity index (χ0) is 18.4. The summed E-state index contributed by atoms with van der Waals surface area (Å²) in [6.07, 6.45) is 4.21. The highest BCUT2D eigenvalue weighted by molar-refractivity contribution is 5.90. The van der Waals surface area contributed by atoms with Crippen molar-refractivity contribution in [3.05, 3.63) is 40.4 Å². The first kappa shape index (κ1) is 18.6. The number of nitrogen functional groups attached to an aromatic ring is 1. The van der Waals surface area contributed by atoms with Crippen molar-refractivity contribution < 1.29 is 14.3 Å². The number of carbonyl (C=O) groups is 1. The number of fused-ring (bicyclic) bond motifs is 1. The average Bonchev–Trinajstić information content (AvgIpc) is 2.61. The van der Waals surface area contributed by atoms with Crippen LogP contribution in [-0.4, -0.2) is 11.0 Å². The predicted molar refractivity (Wildman–Crippen MR) is 98.9 cm³/mol. The van der Waals surface area contributed by atoms with Crippen molar-refractivity contribution in [2.24, 2.45) is 0 Å². The van der Waals surface area contributed by atoms with Gasteiger partial charge in [-0.2, -0.15) is 0 Å². The molecule has 0 fully saturated rings. The highest BCUT2D eigenvalue weighted by atomic mass is 16.5. The van der Waals surface area contributed by atoms with Crippen molar-refractivity contribution in [3.8, 4) is 11.5 Å². The highest BCUT2D eigenvalue weighted by Gasteiger charge is 2.20. The Bertz CT molecular complexity index is 853.